The molecule has 0 bridgehead atoms. The molecule has 0 aromatic heterocycles. The van der Waals surface area contributed by atoms with E-state index >= 15 is 0 Å². The van der Waals surface area contributed by atoms with Crippen LogP contribution in [-0.2, 0) is 6.54 Å². The molecular weight excluding hydrogens is 256 g/mol. The number of carbonyl (C=O) groups is 2. The molecular formula is C11H14N2O2S2. The first-order valence-corrected chi connectivity index (χ1v) is 5.51. The van der Waals surface area contributed by atoms with E-state index in [1.54, 1.807) is 6.08 Å². The summed E-state index contributed by atoms with van der Waals surface area (Å²) < 4.78 is 0. The Balaban J connectivity index is 0.000000557. The lowest BCUT2D eigenvalue weighted by atomic mass is 10.1. The Bertz CT molecular complexity index is 387. The van der Waals surface area contributed by atoms with E-state index in [-0.39, 0.29) is 5.24 Å². The Kier molecular flexibility index (Phi) is 8.00. The molecule has 0 saturated carbocycles. The van der Waals surface area contributed by atoms with Gasteiger partial charge in [0.25, 0.3) is 10.5 Å². The zero-order valence-electron chi connectivity index (χ0n) is 9.09. The summed E-state index contributed by atoms with van der Waals surface area (Å²) in [6.45, 7) is 4.17. The Morgan fingerprint density at radius 2 is 1.76 bits per heavy atom. The van der Waals surface area contributed by atoms with Gasteiger partial charge in [0.1, 0.15) is 0 Å². The summed E-state index contributed by atoms with van der Waals surface area (Å²) in [7, 11) is 0. The number of nitrogens with one attached hydrogen (secondary N) is 1. The van der Waals surface area contributed by atoms with Gasteiger partial charge in [0, 0.05) is 6.54 Å². The maximum atomic E-state index is 10.5. The molecule has 17 heavy (non-hydrogen) atoms. The van der Waals surface area contributed by atoms with Crippen molar-refractivity contribution >= 4 is 41.8 Å². The van der Waals surface area contributed by atoms with Gasteiger partial charge in [0.2, 0.25) is 0 Å². The zero-order valence-corrected chi connectivity index (χ0v) is 10.9. The van der Waals surface area contributed by atoms with Crippen LogP contribution in [-0.4, -0.2) is 10.5 Å². The summed E-state index contributed by atoms with van der Waals surface area (Å²) in [5.74, 6) is 0. The van der Waals surface area contributed by atoms with E-state index in [0.717, 1.165) is 11.1 Å². The highest BCUT2D eigenvalue weighted by molar-refractivity contribution is 7.96. The summed E-state index contributed by atoms with van der Waals surface area (Å²) in [4.78, 5) is 19.6. The van der Waals surface area contributed by atoms with E-state index < -0.39 is 5.24 Å². The molecule has 4 nitrogen and oxygen atoms in total. The van der Waals surface area contributed by atoms with Gasteiger partial charge in [0.15, 0.2) is 0 Å². The van der Waals surface area contributed by atoms with E-state index in [1.807, 2.05) is 24.3 Å². The molecule has 3 N–H and O–H groups in total. The van der Waals surface area contributed by atoms with Crippen molar-refractivity contribution in [2.24, 2.45) is 5.73 Å². The summed E-state index contributed by atoms with van der Waals surface area (Å²) in [6.07, 6.45) is 1.78. The summed E-state index contributed by atoms with van der Waals surface area (Å²) in [5, 5.41) is 1.65. The molecule has 2 amide bonds. The van der Waals surface area contributed by atoms with E-state index in [1.165, 1.54) is 0 Å². The van der Waals surface area contributed by atoms with Crippen molar-refractivity contribution in [3.63, 3.8) is 0 Å². The second-order valence-electron chi connectivity index (χ2n) is 2.94. The SMILES string of the molecule is C=Cc1ccc(CNC(=O)S)cc1.NC(=O)S. The number of primary amides is 1. The number of carbonyl (C=O) groups excluding carboxylic acids is 2. The lowest BCUT2D eigenvalue weighted by Crippen LogP contribution is -2.15. The van der Waals surface area contributed by atoms with Crippen LogP contribution < -0.4 is 11.1 Å². The van der Waals surface area contributed by atoms with Crippen molar-refractivity contribution in [2.75, 3.05) is 0 Å². The standard InChI is InChI=1S/C10H11NOS.CH3NOS/c1-2-8-3-5-9(6-4-8)7-11-10(12)13;2-1(3)4/h2-6H,1,7H2,(H2,11,12,13);(H3,2,3,4). The van der Waals surface area contributed by atoms with E-state index in [2.05, 4.69) is 42.9 Å². The fourth-order valence-electron chi connectivity index (χ4n) is 0.949. The zero-order chi connectivity index (χ0) is 13.3. The topological polar surface area (TPSA) is 72.2 Å². The van der Waals surface area contributed by atoms with Crippen molar-refractivity contribution in [2.45, 2.75) is 6.54 Å². The molecule has 0 radical (unpaired) electrons. The number of hydrogen-bond donors (Lipinski definition) is 4. The molecule has 0 fully saturated rings. The molecule has 0 spiro atoms. The van der Waals surface area contributed by atoms with Crippen molar-refractivity contribution in [3.8, 4) is 0 Å². The third-order valence-electron chi connectivity index (χ3n) is 1.66. The normalized spacial score (nSPS) is 8.59. The number of rotatable bonds is 3. The summed E-state index contributed by atoms with van der Waals surface area (Å²) in [6, 6.07) is 7.79. The molecule has 0 unspecified atom stereocenters. The summed E-state index contributed by atoms with van der Waals surface area (Å²) >= 11 is 6.71. The molecule has 0 heterocycles. The Hall–Kier alpha value is -1.40. The minimum absolute atomic E-state index is 0.312. The van der Waals surface area contributed by atoms with Gasteiger partial charge in [-0.25, -0.2) is 0 Å². The largest absolute Gasteiger partial charge is 0.361 e. The van der Waals surface area contributed by atoms with Gasteiger partial charge in [-0.15, -0.1) is 0 Å². The Morgan fingerprint density at radius 1 is 1.29 bits per heavy atom. The molecule has 0 aliphatic heterocycles. The van der Waals surface area contributed by atoms with Gasteiger partial charge >= 0.3 is 0 Å². The van der Waals surface area contributed by atoms with E-state index in [9.17, 15) is 4.79 Å². The first kappa shape index (κ1) is 15.6. The molecule has 0 atom stereocenters. The first-order chi connectivity index (χ1) is 7.95. The van der Waals surface area contributed by atoms with Crippen LogP contribution in [0.4, 0.5) is 9.59 Å². The maximum absolute atomic E-state index is 10.5. The molecule has 6 heteroatoms. The van der Waals surface area contributed by atoms with E-state index in [4.69, 9.17) is 4.79 Å². The third-order valence-corrected chi connectivity index (χ3v) is 1.82. The van der Waals surface area contributed by atoms with Crippen LogP contribution >= 0.6 is 25.3 Å². The van der Waals surface area contributed by atoms with Crippen LogP contribution in [0.5, 0.6) is 0 Å². The van der Waals surface area contributed by atoms with Crippen LogP contribution in [0.15, 0.2) is 30.8 Å². The predicted octanol–water partition coefficient (Wildman–Crippen LogP) is 2.46. The minimum Gasteiger partial charge on any atom is -0.361 e. The van der Waals surface area contributed by atoms with Crippen LogP contribution in [0.25, 0.3) is 6.08 Å². The van der Waals surface area contributed by atoms with Crippen molar-refractivity contribution in [1.82, 2.24) is 5.32 Å². The van der Waals surface area contributed by atoms with Crippen LogP contribution in [0.2, 0.25) is 0 Å². The third kappa shape index (κ3) is 9.52. The quantitative estimate of drug-likeness (QED) is 0.637. The predicted molar refractivity (Wildman–Crippen MR) is 76.3 cm³/mol. The van der Waals surface area contributed by atoms with Gasteiger partial charge in [0.05, 0.1) is 0 Å². The van der Waals surface area contributed by atoms with Crippen molar-refractivity contribution < 1.29 is 9.59 Å². The highest BCUT2D eigenvalue weighted by Crippen LogP contribution is 2.05. The lowest BCUT2D eigenvalue weighted by Gasteiger charge is -2.01. The van der Waals surface area contributed by atoms with Crippen LogP contribution in [0.1, 0.15) is 11.1 Å². The smallest absolute Gasteiger partial charge is 0.276 e. The van der Waals surface area contributed by atoms with Gasteiger partial charge in [-0.1, -0.05) is 62.2 Å². The van der Waals surface area contributed by atoms with Gasteiger partial charge < -0.3 is 11.1 Å². The second kappa shape index (κ2) is 8.72. The highest BCUT2D eigenvalue weighted by atomic mass is 32.1. The molecule has 0 aliphatic carbocycles. The maximum Gasteiger partial charge on any atom is 0.276 e. The summed E-state index contributed by atoms with van der Waals surface area (Å²) in [5.41, 5.74) is 6.46. The van der Waals surface area contributed by atoms with Crippen molar-refractivity contribution in [1.29, 1.82) is 0 Å². The monoisotopic (exact) mass is 270 g/mol. The average Bonchev–Trinajstić information content (AvgIpc) is 2.26. The van der Waals surface area contributed by atoms with Crippen LogP contribution in [0.3, 0.4) is 0 Å². The fraction of sp³-hybridized carbons (Fsp3) is 0.0909. The number of benzene rings is 1. The number of thiol groups is 2. The second-order valence-corrected chi connectivity index (χ2v) is 3.79. The van der Waals surface area contributed by atoms with Gasteiger partial charge in [-0.3, -0.25) is 9.59 Å². The minimum atomic E-state index is -0.639. The Morgan fingerprint density at radius 3 is 2.12 bits per heavy atom. The van der Waals surface area contributed by atoms with E-state index in [0.29, 0.717) is 6.54 Å². The fourth-order valence-corrected chi connectivity index (χ4v) is 1.03. The van der Waals surface area contributed by atoms with Gasteiger partial charge in [-0.05, 0) is 11.1 Å². The number of nitrogens with two attached hydrogens (primary N) is 1. The molecule has 1 aromatic rings. The number of amides is 2. The Labute approximate surface area is 111 Å². The van der Waals surface area contributed by atoms with Crippen LogP contribution in [0, 0.1) is 0 Å². The highest BCUT2D eigenvalue weighted by Gasteiger charge is 1.94. The molecule has 92 valence electrons. The molecule has 1 rings (SSSR count). The lowest BCUT2D eigenvalue weighted by molar-refractivity contribution is 0.260. The average molecular weight is 270 g/mol. The van der Waals surface area contributed by atoms with Gasteiger partial charge in [-0.2, -0.15) is 0 Å². The number of hydrogen-bond acceptors (Lipinski definition) is 2. The van der Waals surface area contributed by atoms with Crippen molar-refractivity contribution in [3.05, 3.63) is 42.0 Å². The first-order valence-electron chi connectivity index (χ1n) is 4.62. The molecule has 0 saturated heterocycles. The molecule has 0 aliphatic rings. The molecule has 1 aromatic carbocycles.